The van der Waals surface area contributed by atoms with Gasteiger partial charge in [-0.3, -0.25) is 4.79 Å². The molecule has 1 atom stereocenters. The minimum absolute atomic E-state index is 0.147. The first-order valence-electron chi connectivity index (χ1n) is 10.6. The molecular formula is C24H27N5OS. The van der Waals surface area contributed by atoms with Gasteiger partial charge in [0.05, 0.1) is 5.57 Å². The minimum Gasteiger partial charge on any atom is -0.328 e. The van der Waals surface area contributed by atoms with Crippen molar-refractivity contribution in [3.8, 4) is 0 Å². The van der Waals surface area contributed by atoms with Gasteiger partial charge in [-0.2, -0.15) is 4.98 Å². The number of unbranched alkanes of at least 4 members (excludes halogenated alkanes) is 1. The summed E-state index contributed by atoms with van der Waals surface area (Å²) >= 11 is 1.65. The highest BCUT2D eigenvalue weighted by Gasteiger charge is 2.34. The van der Waals surface area contributed by atoms with Gasteiger partial charge >= 0.3 is 0 Å². The van der Waals surface area contributed by atoms with Crippen LogP contribution in [0.5, 0.6) is 0 Å². The summed E-state index contributed by atoms with van der Waals surface area (Å²) in [4.78, 5) is 18.1. The van der Waals surface area contributed by atoms with Crippen LogP contribution in [0.4, 0.5) is 11.6 Å². The lowest BCUT2D eigenvalue weighted by molar-refractivity contribution is -0.113. The lowest BCUT2D eigenvalue weighted by atomic mass is 9.95. The first kappa shape index (κ1) is 21.2. The molecule has 0 aliphatic carbocycles. The summed E-state index contributed by atoms with van der Waals surface area (Å²) < 4.78 is 1.84. The molecule has 2 aromatic carbocycles. The van der Waals surface area contributed by atoms with Gasteiger partial charge in [0.1, 0.15) is 6.04 Å². The predicted molar refractivity (Wildman–Crippen MR) is 126 cm³/mol. The van der Waals surface area contributed by atoms with Crippen molar-refractivity contribution in [3.05, 3.63) is 77.0 Å². The zero-order valence-electron chi connectivity index (χ0n) is 18.1. The Balaban J connectivity index is 1.70. The summed E-state index contributed by atoms with van der Waals surface area (Å²) in [5, 5.41) is 11.8. The van der Waals surface area contributed by atoms with Crippen molar-refractivity contribution in [1.82, 2.24) is 14.8 Å². The number of aromatic nitrogens is 3. The van der Waals surface area contributed by atoms with E-state index in [9.17, 15) is 4.79 Å². The van der Waals surface area contributed by atoms with Crippen LogP contribution in [-0.4, -0.2) is 26.4 Å². The molecule has 31 heavy (non-hydrogen) atoms. The number of carbonyl (C=O) groups is 1. The number of fused-ring (bicyclic) bond motifs is 1. The molecule has 0 radical (unpaired) electrons. The number of hydrogen-bond acceptors (Lipinski definition) is 5. The monoisotopic (exact) mass is 433 g/mol. The fourth-order valence-corrected chi connectivity index (χ4v) is 4.57. The van der Waals surface area contributed by atoms with Gasteiger partial charge in [-0.15, -0.1) is 5.10 Å². The molecule has 7 heteroatoms. The molecule has 4 rings (SSSR count). The molecule has 0 spiro atoms. The van der Waals surface area contributed by atoms with E-state index in [-0.39, 0.29) is 11.9 Å². The quantitative estimate of drug-likeness (QED) is 0.385. The molecule has 0 saturated heterocycles. The molecule has 1 unspecified atom stereocenters. The molecule has 1 aliphatic heterocycles. The van der Waals surface area contributed by atoms with Gasteiger partial charge in [-0.25, -0.2) is 4.68 Å². The van der Waals surface area contributed by atoms with E-state index >= 15 is 0 Å². The van der Waals surface area contributed by atoms with Crippen molar-refractivity contribution in [2.75, 3.05) is 16.4 Å². The van der Waals surface area contributed by atoms with Crippen LogP contribution in [0.2, 0.25) is 0 Å². The minimum atomic E-state index is -0.352. The second-order valence-electron chi connectivity index (χ2n) is 7.67. The van der Waals surface area contributed by atoms with E-state index in [0.717, 1.165) is 46.3 Å². The number of anilines is 2. The molecule has 2 N–H and O–H groups in total. The number of amides is 1. The van der Waals surface area contributed by atoms with Gasteiger partial charge in [-0.05, 0) is 43.5 Å². The predicted octanol–water partition coefficient (Wildman–Crippen LogP) is 5.41. The Morgan fingerprint density at radius 3 is 2.71 bits per heavy atom. The highest BCUT2D eigenvalue weighted by Crippen LogP contribution is 2.36. The van der Waals surface area contributed by atoms with Gasteiger partial charge < -0.3 is 10.6 Å². The summed E-state index contributed by atoms with van der Waals surface area (Å²) in [7, 11) is 0. The maximum absolute atomic E-state index is 13.4. The Kier molecular flexibility index (Phi) is 6.42. The molecule has 1 aliphatic rings. The van der Waals surface area contributed by atoms with Crippen LogP contribution in [0, 0.1) is 6.92 Å². The van der Waals surface area contributed by atoms with E-state index in [2.05, 4.69) is 22.5 Å². The van der Waals surface area contributed by atoms with E-state index in [1.807, 2.05) is 73.1 Å². The van der Waals surface area contributed by atoms with Crippen molar-refractivity contribution in [2.45, 2.75) is 44.8 Å². The van der Waals surface area contributed by atoms with Crippen molar-refractivity contribution in [2.24, 2.45) is 0 Å². The first-order valence-corrected chi connectivity index (χ1v) is 11.6. The number of benzene rings is 2. The zero-order chi connectivity index (χ0) is 21.8. The topological polar surface area (TPSA) is 71.8 Å². The van der Waals surface area contributed by atoms with Gasteiger partial charge in [0.15, 0.2) is 0 Å². The van der Waals surface area contributed by atoms with Crippen molar-refractivity contribution < 1.29 is 4.79 Å². The maximum Gasteiger partial charge on any atom is 0.255 e. The number of thioether (sulfide) groups is 1. The van der Waals surface area contributed by atoms with Crippen molar-refractivity contribution >= 4 is 29.3 Å². The molecule has 1 aromatic heterocycles. The third-order valence-corrected chi connectivity index (χ3v) is 6.12. The summed E-state index contributed by atoms with van der Waals surface area (Å²) in [6, 6.07) is 17.5. The lowest BCUT2D eigenvalue weighted by Crippen LogP contribution is -2.31. The summed E-state index contributed by atoms with van der Waals surface area (Å²) in [5.41, 5.74) is 4.28. The summed E-state index contributed by atoms with van der Waals surface area (Å²) in [6.45, 7) is 6.10. The van der Waals surface area contributed by atoms with Gasteiger partial charge in [0.2, 0.25) is 11.1 Å². The van der Waals surface area contributed by atoms with Crippen LogP contribution >= 0.6 is 11.8 Å². The first-order chi connectivity index (χ1) is 15.1. The van der Waals surface area contributed by atoms with Crippen LogP contribution in [0.25, 0.3) is 0 Å². The van der Waals surface area contributed by atoms with Gasteiger partial charge in [-0.1, -0.05) is 67.6 Å². The van der Waals surface area contributed by atoms with Crippen molar-refractivity contribution in [1.29, 1.82) is 0 Å². The van der Waals surface area contributed by atoms with Crippen LogP contribution in [0.3, 0.4) is 0 Å². The Morgan fingerprint density at radius 1 is 1.16 bits per heavy atom. The fourth-order valence-electron chi connectivity index (χ4n) is 3.66. The molecule has 0 fully saturated rings. The normalized spacial score (nSPS) is 15.4. The number of nitrogens with one attached hydrogen (secondary N) is 2. The van der Waals surface area contributed by atoms with E-state index in [4.69, 9.17) is 5.10 Å². The van der Waals surface area contributed by atoms with Crippen LogP contribution in [0.15, 0.2) is 71.0 Å². The highest BCUT2D eigenvalue weighted by molar-refractivity contribution is 7.99. The fraction of sp³-hybridized carbons (Fsp3) is 0.292. The Morgan fingerprint density at radius 2 is 1.97 bits per heavy atom. The zero-order valence-corrected chi connectivity index (χ0v) is 18.9. The second kappa shape index (κ2) is 9.39. The van der Waals surface area contributed by atoms with Crippen LogP contribution in [-0.2, 0) is 4.79 Å². The van der Waals surface area contributed by atoms with E-state index in [1.54, 1.807) is 11.8 Å². The Hall–Kier alpha value is -3.06. The maximum atomic E-state index is 13.4. The third kappa shape index (κ3) is 4.66. The molecule has 3 aromatic rings. The molecule has 6 nitrogen and oxygen atoms in total. The number of hydrogen-bond donors (Lipinski definition) is 2. The van der Waals surface area contributed by atoms with Crippen LogP contribution < -0.4 is 10.6 Å². The molecule has 0 bridgehead atoms. The average molecular weight is 434 g/mol. The standard InChI is InChI=1S/C24H27N5OS/c1-4-5-14-31-24-27-23-25-17(3)20(22(30)26-19-13-9-10-16(2)15-19)21(29(23)28-24)18-11-7-6-8-12-18/h6-13,15,21H,4-5,14H2,1-3H3,(H,26,30)(H,25,27,28). The molecule has 1 amide bonds. The number of carbonyl (C=O) groups excluding carboxylic acids is 1. The third-order valence-electron chi connectivity index (χ3n) is 5.20. The molecule has 0 saturated carbocycles. The lowest BCUT2D eigenvalue weighted by Gasteiger charge is -2.28. The number of nitrogens with zero attached hydrogens (tertiary/aromatic N) is 3. The number of aryl methyl sites for hydroxylation is 1. The highest BCUT2D eigenvalue weighted by atomic mass is 32.2. The van der Waals surface area contributed by atoms with Crippen LogP contribution in [0.1, 0.15) is 43.9 Å². The average Bonchev–Trinajstić information content (AvgIpc) is 3.15. The van der Waals surface area contributed by atoms with E-state index < -0.39 is 0 Å². The van der Waals surface area contributed by atoms with Gasteiger partial charge in [0, 0.05) is 17.1 Å². The number of allylic oxidation sites excluding steroid dienone is 1. The number of rotatable bonds is 7. The largest absolute Gasteiger partial charge is 0.328 e. The SMILES string of the molecule is CCCCSc1nc2n(n1)C(c1ccccc1)C(C(=O)Nc1cccc(C)c1)=C(C)N2. The second-order valence-corrected chi connectivity index (χ2v) is 8.73. The smallest absolute Gasteiger partial charge is 0.255 e. The van der Waals surface area contributed by atoms with E-state index in [1.165, 1.54) is 0 Å². The molecular weight excluding hydrogens is 406 g/mol. The Labute approximate surface area is 187 Å². The summed E-state index contributed by atoms with van der Waals surface area (Å²) in [5.74, 6) is 1.49. The summed E-state index contributed by atoms with van der Waals surface area (Å²) in [6.07, 6.45) is 2.25. The molecule has 160 valence electrons. The molecule has 2 heterocycles. The Bertz CT molecular complexity index is 1110. The van der Waals surface area contributed by atoms with E-state index in [0.29, 0.717) is 11.5 Å². The van der Waals surface area contributed by atoms with Gasteiger partial charge in [0.25, 0.3) is 5.91 Å². The van der Waals surface area contributed by atoms with Crippen molar-refractivity contribution in [3.63, 3.8) is 0 Å².